The topological polar surface area (TPSA) is 83.5 Å². The summed E-state index contributed by atoms with van der Waals surface area (Å²) in [7, 11) is 1.28. The van der Waals surface area contributed by atoms with E-state index in [1.165, 1.54) is 17.7 Å². The van der Waals surface area contributed by atoms with E-state index < -0.39 is 35.7 Å². The van der Waals surface area contributed by atoms with Gasteiger partial charge in [0.25, 0.3) is 5.91 Å². The molecule has 0 saturated heterocycles. The highest BCUT2D eigenvalue weighted by Crippen LogP contribution is 2.36. The molecule has 0 radical (unpaired) electrons. The first-order chi connectivity index (χ1) is 14.4. The van der Waals surface area contributed by atoms with Gasteiger partial charge in [-0.3, -0.25) is 14.2 Å². The molecule has 0 aliphatic rings. The van der Waals surface area contributed by atoms with Crippen molar-refractivity contribution in [3.05, 3.63) is 59.0 Å². The van der Waals surface area contributed by atoms with E-state index in [0.29, 0.717) is 16.6 Å². The van der Waals surface area contributed by atoms with Gasteiger partial charge in [0, 0.05) is 22.7 Å². The van der Waals surface area contributed by atoms with Crippen LogP contribution in [0.2, 0.25) is 0 Å². The first-order valence-corrected chi connectivity index (χ1v) is 9.03. The maximum absolute atomic E-state index is 14.4. The summed E-state index contributed by atoms with van der Waals surface area (Å²) in [6.45, 7) is 3.12. The van der Waals surface area contributed by atoms with E-state index in [4.69, 9.17) is 10.5 Å². The smallest absolute Gasteiger partial charge is 0.494 e. The molecule has 164 valence electrons. The largest absolute Gasteiger partial charge is 0.573 e. The monoisotopic (exact) mass is 438 g/mol. The number of amides is 1. The van der Waals surface area contributed by atoms with Crippen LogP contribution in [0, 0.1) is 12.7 Å². The van der Waals surface area contributed by atoms with Crippen LogP contribution in [0.25, 0.3) is 10.9 Å². The minimum atomic E-state index is -4.87. The van der Waals surface area contributed by atoms with Crippen molar-refractivity contribution in [1.82, 2.24) is 4.57 Å². The highest BCUT2D eigenvalue weighted by Gasteiger charge is 2.31. The van der Waals surface area contributed by atoms with Gasteiger partial charge in [-0.2, -0.15) is 0 Å². The van der Waals surface area contributed by atoms with E-state index in [-0.39, 0.29) is 16.8 Å². The van der Waals surface area contributed by atoms with Crippen LogP contribution in [0.4, 0.5) is 17.6 Å². The summed E-state index contributed by atoms with van der Waals surface area (Å²) in [5.41, 5.74) is 6.41. The Morgan fingerprint density at radius 1 is 1.13 bits per heavy atom. The molecular formula is C21H18F4N2O4. The minimum absolute atomic E-state index is 0.0315. The van der Waals surface area contributed by atoms with Crippen molar-refractivity contribution in [2.24, 2.45) is 5.73 Å². The maximum atomic E-state index is 14.4. The second-order valence-electron chi connectivity index (χ2n) is 6.84. The lowest BCUT2D eigenvalue weighted by atomic mass is 9.97. The molecule has 2 N–H and O–H groups in total. The lowest BCUT2D eigenvalue weighted by molar-refractivity contribution is -0.274. The van der Waals surface area contributed by atoms with E-state index in [2.05, 4.69) is 4.74 Å². The number of ether oxygens (including phenoxy) is 2. The van der Waals surface area contributed by atoms with Crippen molar-refractivity contribution in [3.63, 3.8) is 0 Å². The fourth-order valence-corrected chi connectivity index (χ4v) is 3.47. The molecule has 0 fully saturated rings. The molecule has 0 aliphatic carbocycles. The second kappa shape index (κ2) is 7.93. The lowest BCUT2D eigenvalue weighted by Gasteiger charge is -2.11. The number of halogens is 4. The standard InChI is InChI=1S/C21H18F4N2O4/c1-10(19(26)28)18-11(2)27(16-9-15(22)17(30-3)8-14(16)18)20(29)12-4-6-13(7-5-12)31-21(23,24)25/h4-10H,1-3H3,(H2,26,28). The Balaban J connectivity index is 2.17. The van der Waals surface area contributed by atoms with Gasteiger partial charge in [-0.25, -0.2) is 4.39 Å². The molecule has 1 aromatic heterocycles. The fraction of sp³-hybridized carbons (Fsp3) is 0.238. The Morgan fingerprint density at radius 3 is 2.26 bits per heavy atom. The molecular weight excluding hydrogens is 420 g/mol. The Morgan fingerprint density at radius 2 is 1.74 bits per heavy atom. The van der Waals surface area contributed by atoms with E-state index in [1.54, 1.807) is 13.8 Å². The molecule has 0 aliphatic heterocycles. The van der Waals surface area contributed by atoms with Gasteiger partial charge in [0.1, 0.15) is 5.75 Å². The molecule has 0 saturated carbocycles. The summed E-state index contributed by atoms with van der Waals surface area (Å²) in [5, 5.41) is 0.396. The zero-order valence-electron chi connectivity index (χ0n) is 16.7. The van der Waals surface area contributed by atoms with Crippen LogP contribution in [-0.2, 0) is 4.79 Å². The van der Waals surface area contributed by atoms with Crippen molar-refractivity contribution in [2.45, 2.75) is 26.1 Å². The van der Waals surface area contributed by atoms with E-state index >= 15 is 0 Å². The van der Waals surface area contributed by atoms with Crippen LogP contribution in [0.5, 0.6) is 11.5 Å². The molecule has 3 aromatic rings. The van der Waals surface area contributed by atoms with Gasteiger partial charge < -0.3 is 15.2 Å². The van der Waals surface area contributed by atoms with Gasteiger partial charge in [0.15, 0.2) is 11.6 Å². The van der Waals surface area contributed by atoms with Crippen molar-refractivity contribution in [2.75, 3.05) is 7.11 Å². The number of alkyl halides is 3. The number of hydrogen-bond donors (Lipinski definition) is 1. The van der Waals surface area contributed by atoms with Gasteiger partial charge in [-0.1, -0.05) is 0 Å². The summed E-state index contributed by atoms with van der Waals surface area (Å²) < 4.78 is 61.5. The lowest BCUT2D eigenvalue weighted by Crippen LogP contribution is -2.20. The first-order valence-electron chi connectivity index (χ1n) is 9.03. The van der Waals surface area contributed by atoms with Gasteiger partial charge in [0.2, 0.25) is 5.91 Å². The van der Waals surface area contributed by atoms with Crippen LogP contribution < -0.4 is 15.2 Å². The molecule has 1 unspecified atom stereocenters. The Labute approximate surface area is 174 Å². The third-order valence-corrected chi connectivity index (χ3v) is 4.92. The maximum Gasteiger partial charge on any atom is 0.573 e. The molecule has 2 aromatic carbocycles. The zero-order chi connectivity index (χ0) is 23.1. The van der Waals surface area contributed by atoms with Gasteiger partial charge in [0.05, 0.1) is 18.5 Å². The first kappa shape index (κ1) is 22.1. The number of benzene rings is 2. The third-order valence-electron chi connectivity index (χ3n) is 4.92. The van der Waals surface area contributed by atoms with Crippen molar-refractivity contribution in [3.8, 4) is 11.5 Å². The van der Waals surface area contributed by atoms with Crippen LogP contribution in [-0.4, -0.2) is 29.9 Å². The molecule has 1 heterocycles. The molecule has 6 nitrogen and oxygen atoms in total. The Kier molecular flexibility index (Phi) is 5.66. The summed E-state index contributed by atoms with van der Waals surface area (Å²) in [4.78, 5) is 25.0. The highest BCUT2D eigenvalue weighted by molar-refractivity contribution is 6.05. The molecule has 3 rings (SSSR count). The Bertz CT molecular complexity index is 1170. The van der Waals surface area contributed by atoms with Crippen LogP contribution >= 0.6 is 0 Å². The van der Waals surface area contributed by atoms with E-state index in [0.717, 1.165) is 30.3 Å². The predicted octanol–water partition coefficient (Wildman–Crippen LogP) is 4.27. The third kappa shape index (κ3) is 4.18. The molecule has 31 heavy (non-hydrogen) atoms. The summed E-state index contributed by atoms with van der Waals surface area (Å²) in [6.07, 6.45) is -4.87. The van der Waals surface area contributed by atoms with Crippen LogP contribution in [0.1, 0.15) is 34.5 Å². The van der Waals surface area contributed by atoms with Gasteiger partial charge in [-0.15, -0.1) is 13.2 Å². The van der Waals surface area contributed by atoms with E-state index in [9.17, 15) is 27.2 Å². The number of fused-ring (bicyclic) bond motifs is 1. The highest BCUT2D eigenvalue weighted by atomic mass is 19.4. The normalized spacial score (nSPS) is 12.6. The van der Waals surface area contributed by atoms with Crippen molar-refractivity contribution in [1.29, 1.82) is 0 Å². The summed E-state index contributed by atoms with van der Waals surface area (Å²) >= 11 is 0. The SMILES string of the molecule is COc1cc2c(C(C)C(N)=O)c(C)n(C(=O)c3ccc(OC(F)(F)F)cc3)c2cc1F. The number of nitrogens with two attached hydrogens (primary N) is 1. The number of aromatic nitrogens is 1. The fourth-order valence-electron chi connectivity index (χ4n) is 3.47. The second-order valence-corrected chi connectivity index (χ2v) is 6.84. The number of hydrogen-bond acceptors (Lipinski definition) is 4. The predicted molar refractivity (Wildman–Crippen MR) is 104 cm³/mol. The number of primary amides is 1. The average Bonchev–Trinajstić information content (AvgIpc) is 2.96. The number of rotatable bonds is 5. The molecule has 0 bridgehead atoms. The minimum Gasteiger partial charge on any atom is -0.494 e. The molecule has 1 atom stereocenters. The number of nitrogens with zero attached hydrogens (tertiary/aromatic N) is 1. The number of carbonyl (C=O) groups is 2. The number of methoxy groups -OCH3 is 1. The van der Waals surface area contributed by atoms with Crippen LogP contribution in [0.15, 0.2) is 36.4 Å². The molecule has 1 amide bonds. The Hall–Kier alpha value is -3.56. The summed E-state index contributed by atoms with van der Waals surface area (Å²) in [6, 6.07) is 6.78. The quantitative estimate of drug-likeness (QED) is 0.603. The number of carbonyl (C=O) groups excluding carboxylic acids is 2. The van der Waals surface area contributed by atoms with Crippen molar-refractivity contribution >= 4 is 22.7 Å². The van der Waals surface area contributed by atoms with Gasteiger partial charge >= 0.3 is 6.36 Å². The van der Waals surface area contributed by atoms with Crippen molar-refractivity contribution < 1.29 is 36.6 Å². The van der Waals surface area contributed by atoms with Gasteiger partial charge in [-0.05, 0) is 49.7 Å². The molecule has 0 spiro atoms. The van der Waals surface area contributed by atoms with Crippen LogP contribution in [0.3, 0.4) is 0 Å². The molecule has 10 heteroatoms. The van der Waals surface area contributed by atoms with E-state index in [1.807, 2.05) is 0 Å². The summed E-state index contributed by atoms with van der Waals surface area (Å²) in [5.74, 6) is -3.37. The average molecular weight is 438 g/mol. The zero-order valence-corrected chi connectivity index (χ0v) is 16.7.